The maximum Gasteiger partial charge on any atom is 0.251 e. The molecule has 6 nitrogen and oxygen atoms in total. The van der Waals surface area contributed by atoms with Crippen LogP contribution in [0.3, 0.4) is 0 Å². The predicted molar refractivity (Wildman–Crippen MR) is 114 cm³/mol. The minimum absolute atomic E-state index is 0.0120. The lowest BCUT2D eigenvalue weighted by Crippen LogP contribution is -2.33. The summed E-state index contributed by atoms with van der Waals surface area (Å²) >= 11 is 0. The average Bonchev–Trinajstić information content (AvgIpc) is 3.17. The van der Waals surface area contributed by atoms with E-state index in [0.29, 0.717) is 18.4 Å². The van der Waals surface area contributed by atoms with Gasteiger partial charge >= 0.3 is 0 Å². The van der Waals surface area contributed by atoms with Crippen molar-refractivity contribution in [2.75, 3.05) is 19.6 Å². The van der Waals surface area contributed by atoms with E-state index in [1.165, 1.54) is 5.56 Å². The molecule has 0 aliphatic carbocycles. The van der Waals surface area contributed by atoms with Gasteiger partial charge in [-0.05, 0) is 61.7 Å². The van der Waals surface area contributed by atoms with Crippen LogP contribution in [0.4, 0.5) is 0 Å². The Morgan fingerprint density at radius 2 is 1.97 bits per heavy atom. The molecular weight excluding hydrogens is 362 g/mol. The molecule has 0 unspecified atom stereocenters. The molecule has 0 saturated carbocycles. The van der Waals surface area contributed by atoms with E-state index < -0.39 is 0 Å². The Bertz CT molecular complexity index is 972. The van der Waals surface area contributed by atoms with Crippen LogP contribution in [0.25, 0.3) is 5.65 Å². The van der Waals surface area contributed by atoms with Gasteiger partial charge in [-0.25, -0.2) is 0 Å². The van der Waals surface area contributed by atoms with Crippen LogP contribution in [0.2, 0.25) is 0 Å². The largest absolute Gasteiger partial charge is 0.352 e. The second-order valence-corrected chi connectivity index (χ2v) is 8.34. The summed E-state index contributed by atoms with van der Waals surface area (Å²) in [6, 6.07) is 14.0. The molecule has 0 radical (unpaired) electrons. The third kappa shape index (κ3) is 4.65. The Morgan fingerprint density at radius 3 is 2.76 bits per heavy atom. The van der Waals surface area contributed by atoms with Crippen molar-refractivity contribution in [3.63, 3.8) is 0 Å². The van der Waals surface area contributed by atoms with E-state index in [9.17, 15) is 4.79 Å². The van der Waals surface area contributed by atoms with Crippen LogP contribution in [0.5, 0.6) is 0 Å². The van der Waals surface area contributed by atoms with Gasteiger partial charge in [0.25, 0.3) is 5.91 Å². The lowest BCUT2D eigenvalue weighted by Gasteiger charge is -2.31. The van der Waals surface area contributed by atoms with E-state index in [4.69, 9.17) is 0 Å². The lowest BCUT2D eigenvalue weighted by atomic mass is 9.95. The molecule has 152 valence electrons. The first-order valence-corrected chi connectivity index (χ1v) is 10.5. The highest BCUT2D eigenvalue weighted by atomic mass is 16.1. The van der Waals surface area contributed by atoms with Crippen LogP contribution in [0.1, 0.15) is 54.4 Å². The van der Waals surface area contributed by atoms with Crippen molar-refractivity contribution in [3.8, 4) is 0 Å². The van der Waals surface area contributed by atoms with Gasteiger partial charge in [-0.2, -0.15) is 0 Å². The lowest BCUT2D eigenvalue weighted by molar-refractivity contribution is 0.0948. The third-order valence-corrected chi connectivity index (χ3v) is 5.56. The topological polar surface area (TPSA) is 62.5 Å². The summed E-state index contributed by atoms with van der Waals surface area (Å²) in [5.41, 5.74) is 2.85. The number of likely N-dealkylation sites (tertiary alicyclic amines) is 1. The predicted octanol–water partition coefficient (Wildman–Crippen LogP) is 3.49. The molecule has 3 aromatic rings. The maximum absolute atomic E-state index is 12.3. The van der Waals surface area contributed by atoms with Crippen LogP contribution >= 0.6 is 0 Å². The summed E-state index contributed by atoms with van der Waals surface area (Å²) in [6.07, 6.45) is 4.20. The van der Waals surface area contributed by atoms with Gasteiger partial charge in [0, 0.05) is 30.8 Å². The molecule has 1 amide bonds. The van der Waals surface area contributed by atoms with Crippen molar-refractivity contribution in [1.82, 2.24) is 24.8 Å². The quantitative estimate of drug-likeness (QED) is 0.699. The minimum atomic E-state index is 0.0120. The molecule has 0 bridgehead atoms. The Kier molecular flexibility index (Phi) is 5.90. The highest BCUT2D eigenvalue weighted by Gasteiger charge is 2.24. The zero-order valence-corrected chi connectivity index (χ0v) is 17.2. The Morgan fingerprint density at radius 1 is 1.14 bits per heavy atom. The third-order valence-electron chi connectivity index (χ3n) is 5.56. The van der Waals surface area contributed by atoms with Crippen LogP contribution in [0, 0.1) is 5.92 Å². The zero-order valence-electron chi connectivity index (χ0n) is 17.2. The number of nitrogens with one attached hydrogen (secondary N) is 1. The van der Waals surface area contributed by atoms with Crippen molar-refractivity contribution in [2.24, 2.45) is 5.92 Å². The standard InChI is InChI=1S/C23H29N5O/c1-17(2)15-24-23(29)20-7-5-6-18(14-20)16-27-12-9-19(10-13-27)22-26-25-21-8-3-4-11-28(21)22/h3-8,11,14,17,19H,9-10,12-13,15-16H2,1-2H3,(H,24,29). The first-order valence-electron chi connectivity index (χ1n) is 10.5. The normalized spacial score (nSPS) is 15.8. The fourth-order valence-electron chi connectivity index (χ4n) is 3.96. The van der Waals surface area contributed by atoms with Crippen molar-refractivity contribution in [2.45, 2.75) is 39.2 Å². The van der Waals surface area contributed by atoms with Gasteiger partial charge < -0.3 is 5.32 Å². The molecule has 1 aliphatic heterocycles. The highest BCUT2D eigenvalue weighted by Crippen LogP contribution is 2.27. The van der Waals surface area contributed by atoms with Crippen LogP contribution in [-0.2, 0) is 6.54 Å². The summed E-state index contributed by atoms with van der Waals surface area (Å²) in [6.45, 7) is 7.82. The van der Waals surface area contributed by atoms with E-state index in [-0.39, 0.29) is 5.91 Å². The molecule has 1 aliphatic rings. The van der Waals surface area contributed by atoms with Crippen LogP contribution in [0.15, 0.2) is 48.7 Å². The SMILES string of the molecule is CC(C)CNC(=O)c1cccc(CN2CCC(c3nnc4ccccn34)CC2)c1. The fourth-order valence-corrected chi connectivity index (χ4v) is 3.96. The number of aromatic nitrogens is 3. The smallest absolute Gasteiger partial charge is 0.251 e. The number of benzene rings is 1. The summed E-state index contributed by atoms with van der Waals surface area (Å²) in [7, 11) is 0. The molecular formula is C23H29N5O. The molecule has 29 heavy (non-hydrogen) atoms. The fraction of sp³-hybridized carbons (Fsp3) is 0.435. The van der Waals surface area contributed by atoms with Gasteiger partial charge in [0.15, 0.2) is 5.65 Å². The van der Waals surface area contributed by atoms with Crippen molar-refractivity contribution >= 4 is 11.6 Å². The number of carbonyl (C=O) groups excluding carboxylic acids is 1. The number of carbonyl (C=O) groups is 1. The summed E-state index contributed by atoms with van der Waals surface area (Å²) in [5.74, 6) is 1.98. The number of amides is 1. The van der Waals surface area contributed by atoms with Gasteiger partial charge in [-0.1, -0.05) is 32.0 Å². The first kappa shape index (κ1) is 19.6. The molecule has 0 atom stereocenters. The number of fused-ring (bicyclic) bond motifs is 1. The number of rotatable bonds is 6. The zero-order chi connectivity index (χ0) is 20.2. The number of hydrogen-bond acceptors (Lipinski definition) is 4. The van der Waals surface area contributed by atoms with Gasteiger partial charge in [0.2, 0.25) is 0 Å². The molecule has 6 heteroatoms. The molecule has 1 N–H and O–H groups in total. The van der Waals surface area contributed by atoms with Crippen molar-refractivity contribution in [3.05, 3.63) is 65.6 Å². The summed E-state index contributed by atoms with van der Waals surface area (Å²) in [5, 5.41) is 11.7. The van der Waals surface area contributed by atoms with E-state index in [1.54, 1.807) is 0 Å². The Labute approximate surface area is 171 Å². The number of pyridine rings is 1. The van der Waals surface area contributed by atoms with E-state index in [2.05, 4.69) is 44.7 Å². The molecule has 3 heterocycles. The number of piperidine rings is 1. The first-order chi connectivity index (χ1) is 14.1. The monoisotopic (exact) mass is 391 g/mol. The van der Waals surface area contributed by atoms with Gasteiger partial charge in [0.1, 0.15) is 5.82 Å². The average molecular weight is 392 g/mol. The second kappa shape index (κ2) is 8.74. The molecule has 2 aromatic heterocycles. The van der Waals surface area contributed by atoms with Gasteiger partial charge in [0.05, 0.1) is 0 Å². The minimum Gasteiger partial charge on any atom is -0.352 e. The Hall–Kier alpha value is -2.73. The van der Waals surface area contributed by atoms with Gasteiger partial charge in [-0.3, -0.25) is 14.1 Å². The number of hydrogen-bond donors (Lipinski definition) is 1. The molecule has 1 fully saturated rings. The molecule has 0 spiro atoms. The highest BCUT2D eigenvalue weighted by molar-refractivity contribution is 5.94. The molecule has 1 saturated heterocycles. The van der Waals surface area contributed by atoms with Gasteiger partial charge in [-0.15, -0.1) is 10.2 Å². The van der Waals surface area contributed by atoms with Crippen molar-refractivity contribution < 1.29 is 4.79 Å². The molecule has 4 rings (SSSR count). The van der Waals surface area contributed by atoms with E-state index in [1.807, 2.05) is 42.6 Å². The summed E-state index contributed by atoms with van der Waals surface area (Å²) in [4.78, 5) is 14.8. The van der Waals surface area contributed by atoms with Crippen LogP contribution < -0.4 is 5.32 Å². The van der Waals surface area contributed by atoms with Crippen LogP contribution in [-0.4, -0.2) is 45.0 Å². The van der Waals surface area contributed by atoms with Crippen molar-refractivity contribution in [1.29, 1.82) is 0 Å². The molecule has 1 aromatic carbocycles. The number of nitrogens with zero attached hydrogens (tertiary/aromatic N) is 4. The Balaban J connectivity index is 1.35. The van der Waals surface area contributed by atoms with E-state index in [0.717, 1.165) is 49.5 Å². The van der Waals surface area contributed by atoms with E-state index >= 15 is 0 Å². The maximum atomic E-state index is 12.3. The summed E-state index contributed by atoms with van der Waals surface area (Å²) < 4.78 is 2.11. The second-order valence-electron chi connectivity index (χ2n) is 8.34.